The summed E-state index contributed by atoms with van der Waals surface area (Å²) in [6.07, 6.45) is -3.76. The average Bonchev–Trinajstić information content (AvgIpc) is 3.28. The lowest BCUT2D eigenvalue weighted by Crippen LogP contribution is -2.27. The lowest BCUT2D eigenvalue weighted by atomic mass is 10.1. The van der Waals surface area contributed by atoms with Crippen molar-refractivity contribution in [3.63, 3.8) is 0 Å². The van der Waals surface area contributed by atoms with Gasteiger partial charge in [0.05, 0.1) is 30.4 Å². The number of aromatic nitrogens is 2. The SMILES string of the molecule is COc1cc2c(cc1F)c1ccnc(C(F)(F)F)c1n2CCN1CC(OC)C(OC)C1.Cl. The first kappa shape index (κ1) is 24.5. The molecular formula is C21H24ClF4N3O3. The van der Waals surface area contributed by atoms with E-state index in [4.69, 9.17) is 14.2 Å². The van der Waals surface area contributed by atoms with Crippen LogP contribution in [0.2, 0.25) is 0 Å². The highest BCUT2D eigenvalue weighted by Gasteiger charge is 2.37. The highest BCUT2D eigenvalue weighted by molar-refractivity contribution is 6.09. The van der Waals surface area contributed by atoms with Crippen molar-refractivity contribution in [1.29, 1.82) is 0 Å². The van der Waals surface area contributed by atoms with E-state index in [1.807, 2.05) is 0 Å². The minimum absolute atomic E-state index is 0. The molecule has 0 aliphatic carbocycles. The van der Waals surface area contributed by atoms with Crippen LogP contribution < -0.4 is 4.74 Å². The monoisotopic (exact) mass is 477 g/mol. The molecule has 0 spiro atoms. The van der Waals surface area contributed by atoms with E-state index in [2.05, 4.69) is 9.88 Å². The lowest BCUT2D eigenvalue weighted by molar-refractivity contribution is -0.140. The van der Waals surface area contributed by atoms with Crippen LogP contribution in [0, 0.1) is 5.82 Å². The van der Waals surface area contributed by atoms with Crippen LogP contribution in [-0.2, 0) is 22.2 Å². The van der Waals surface area contributed by atoms with Gasteiger partial charge >= 0.3 is 6.18 Å². The molecule has 2 unspecified atom stereocenters. The molecule has 3 aromatic rings. The maximum atomic E-state index is 14.4. The third kappa shape index (κ3) is 4.24. The highest BCUT2D eigenvalue weighted by atomic mass is 35.5. The summed E-state index contributed by atoms with van der Waals surface area (Å²) in [5, 5.41) is 0.678. The number of hydrogen-bond donors (Lipinski definition) is 0. The second kappa shape index (κ2) is 9.38. The Kier molecular flexibility index (Phi) is 7.18. The van der Waals surface area contributed by atoms with Gasteiger partial charge < -0.3 is 18.8 Å². The second-order valence-corrected chi connectivity index (χ2v) is 7.52. The predicted octanol–water partition coefficient (Wildman–Crippen LogP) is 4.12. The minimum atomic E-state index is -4.65. The molecule has 1 aliphatic heterocycles. The Morgan fingerprint density at radius 1 is 1.03 bits per heavy atom. The number of fused-ring (bicyclic) bond motifs is 3. The summed E-state index contributed by atoms with van der Waals surface area (Å²) in [4.78, 5) is 5.68. The number of halogens is 5. The lowest BCUT2D eigenvalue weighted by Gasteiger charge is -2.18. The molecule has 1 aliphatic rings. The van der Waals surface area contributed by atoms with Crippen LogP contribution in [0.5, 0.6) is 5.75 Å². The van der Waals surface area contributed by atoms with Gasteiger partial charge in [-0.3, -0.25) is 4.90 Å². The first-order valence-electron chi connectivity index (χ1n) is 9.78. The summed E-state index contributed by atoms with van der Waals surface area (Å²) in [7, 11) is 4.53. The van der Waals surface area contributed by atoms with Gasteiger partial charge in [0.2, 0.25) is 0 Å². The van der Waals surface area contributed by atoms with Crippen molar-refractivity contribution in [2.75, 3.05) is 41.0 Å². The Labute approximate surface area is 188 Å². The van der Waals surface area contributed by atoms with Gasteiger partial charge in [-0.1, -0.05) is 0 Å². The zero-order chi connectivity index (χ0) is 22.3. The third-order valence-electron chi connectivity index (χ3n) is 5.85. The van der Waals surface area contributed by atoms with E-state index in [9.17, 15) is 17.6 Å². The predicted molar refractivity (Wildman–Crippen MR) is 114 cm³/mol. The molecule has 1 aromatic carbocycles. The van der Waals surface area contributed by atoms with Gasteiger partial charge in [-0.25, -0.2) is 9.37 Å². The number of hydrogen-bond acceptors (Lipinski definition) is 5. The molecule has 2 atom stereocenters. The summed E-state index contributed by atoms with van der Waals surface area (Å²) < 4.78 is 73.2. The van der Waals surface area contributed by atoms with Gasteiger partial charge in [-0.05, 0) is 12.1 Å². The largest absolute Gasteiger partial charge is 0.494 e. The van der Waals surface area contributed by atoms with Crippen LogP contribution in [0.1, 0.15) is 5.69 Å². The van der Waals surface area contributed by atoms with Crippen molar-refractivity contribution in [3.05, 3.63) is 35.9 Å². The number of benzene rings is 1. The summed E-state index contributed by atoms with van der Waals surface area (Å²) in [6.45, 7) is 1.92. The van der Waals surface area contributed by atoms with Crippen molar-refractivity contribution in [2.45, 2.75) is 24.9 Å². The van der Waals surface area contributed by atoms with E-state index >= 15 is 0 Å². The minimum Gasteiger partial charge on any atom is -0.494 e. The van der Waals surface area contributed by atoms with Gasteiger partial charge in [-0.15, -0.1) is 12.4 Å². The summed E-state index contributed by atoms with van der Waals surface area (Å²) >= 11 is 0. The fourth-order valence-electron chi connectivity index (χ4n) is 4.34. The molecule has 3 heterocycles. The molecule has 0 amide bonds. The van der Waals surface area contributed by atoms with E-state index in [0.717, 1.165) is 6.20 Å². The number of pyridine rings is 1. The number of nitrogens with zero attached hydrogens (tertiary/aromatic N) is 3. The molecule has 1 saturated heterocycles. The molecule has 4 rings (SSSR count). The van der Waals surface area contributed by atoms with E-state index in [1.165, 1.54) is 25.3 Å². The van der Waals surface area contributed by atoms with Crippen molar-refractivity contribution >= 4 is 34.2 Å². The number of methoxy groups -OCH3 is 3. The Hall–Kier alpha value is -2.14. The topological polar surface area (TPSA) is 48.8 Å². The van der Waals surface area contributed by atoms with Crippen LogP contribution in [0.15, 0.2) is 24.4 Å². The molecule has 0 saturated carbocycles. The van der Waals surface area contributed by atoms with Crippen molar-refractivity contribution in [1.82, 2.24) is 14.5 Å². The van der Waals surface area contributed by atoms with Gasteiger partial charge in [0, 0.05) is 63.4 Å². The fraction of sp³-hybridized carbons (Fsp3) is 0.476. The Morgan fingerprint density at radius 2 is 1.69 bits per heavy atom. The third-order valence-corrected chi connectivity index (χ3v) is 5.85. The van der Waals surface area contributed by atoms with Crippen molar-refractivity contribution < 1.29 is 31.8 Å². The van der Waals surface area contributed by atoms with Crippen LogP contribution in [0.25, 0.3) is 21.8 Å². The van der Waals surface area contributed by atoms with E-state index in [0.29, 0.717) is 35.9 Å². The number of alkyl halides is 3. The molecule has 11 heteroatoms. The average molecular weight is 478 g/mol. The maximum Gasteiger partial charge on any atom is 0.435 e. The number of likely N-dealkylation sites (tertiary alicyclic amines) is 1. The summed E-state index contributed by atoms with van der Waals surface area (Å²) in [5.74, 6) is -0.664. The number of rotatable bonds is 6. The Bertz CT molecular complexity index is 1090. The van der Waals surface area contributed by atoms with E-state index < -0.39 is 17.7 Å². The normalized spacial score (nSPS) is 19.6. The standard InChI is InChI=1S/C21H23F4N3O3.ClH/c1-29-16-9-15-13(8-14(16)22)12-4-5-26-20(21(23,24)25)19(12)28(15)7-6-27-10-17(30-2)18(11-27)31-3;/h4-5,8-9,17-18H,6-7,10-11H2,1-3H3;1H. The van der Waals surface area contributed by atoms with Gasteiger partial charge in [0.25, 0.3) is 0 Å². The summed E-state index contributed by atoms with van der Waals surface area (Å²) in [6, 6.07) is 4.13. The molecule has 6 nitrogen and oxygen atoms in total. The molecule has 32 heavy (non-hydrogen) atoms. The highest BCUT2D eigenvalue weighted by Crippen LogP contribution is 2.39. The van der Waals surface area contributed by atoms with Gasteiger partial charge in [0.1, 0.15) is 0 Å². The van der Waals surface area contributed by atoms with Crippen molar-refractivity contribution in [2.24, 2.45) is 0 Å². The molecule has 0 N–H and O–H groups in total. The number of ether oxygens (including phenoxy) is 3. The molecule has 2 aromatic heterocycles. The first-order valence-corrected chi connectivity index (χ1v) is 9.78. The van der Waals surface area contributed by atoms with E-state index in [1.54, 1.807) is 18.8 Å². The fourth-order valence-corrected chi connectivity index (χ4v) is 4.34. The van der Waals surface area contributed by atoms with Crippen LogP contribution in [0.4, 0.5) is 17.6 Å². The molecule has 0 bridgehead atoms. The first-order chi connectivity index (χ1) is 14.8. The smallest absolute Gasteiger partial charge is 0.435 e. The quantitative estimate of drug-likeness (QED) is 0.500. The second-order valence-electron chi connectivity index (χ2n) is 7.52. The van der Waals surface area contributed by atoms with E-state index in [-0.39, 0.29) is 42.4 Å². The molecule has 176 valence electrons. The molecule has 1 fully saturated rings. The summed E-state index contributed by atoms with van der Waals surface area (Å²) in [5.41, 5.74) is -0.604. The van der Waals surface area contributed by atoms with Crippen LogP contribution in [0.3, 0.4) is 0 Å². The zero-order valence-corrected chi connectivity index (χ0v) is 18.6. The molecule has 0 radical (unpaired) electrons. The van der Waals surface area contributed by atoms with Crippen LogP contribution in [-0.4, -0.2) is 67.6 Å². The van der Waals surface area contributed by atoms with Crippen molar-refractivity contribution in [3.8, 4) is 5.75 Å². The van der Waals surface area contributed by atoms with Crippen LogP contribution >= 0.6 is 12.4 Å². The van der Waals surface area contributed by atoms with Gasteiger partial charge in [-0.2, -0.15) is 13.2 Å². The Morgan fingerprint density at radius 3 is 2.25 bits per heavy atom. The molecular weight excluding hydrogens is 454 g/mol. The Balaban J connectivity index is 0.00000289. The van der Waals surface area contributed by atoms with Gasteiger partial charge in [0.15, 0.2) is 17.3 Å². The maximum absolute atomic E-state index is 14.4. The zero-order valence-electron chi connectivity index (χ0n) is 17.8.